The molecule has 0 aliphatic carbocycles. The third-order valence-corrected chi connectivity index (χ3v) is 0.201. The fourth-order valence-electron chi connectivity index (χ4n) is 0. The van der Waals surface area contributed by atoms with Crippen LogP contribution in [0.1, 0.15) is 34.6 Å². The molecule has 0 unspecified atom stereocenters. The van der Waals surface area contributed by atoms with Crippen LogP contribution in [-0.2, 0) is 4.79 Å². The average Bonchev–Trinajstić information content (AvgIpc) is 1.91. The Labute approximate surface area is 70.1 Å². The first-order valence-electron chi connectivity index (χ1n) is 3.99. The van der Waals surface area contributed by atoms with E-state index in [1.807, 2.05) is 13.8 Å². The summed E-state index contributed by atoms with van der Waals surface area (Å²) in [6.45, 7) is 10.4. The number of rotatable bonds is 1. The van der Waals surface area contributed by atoms with Crippen LogP contribution >= 0.6 is 0 Å². The topological polar surface area (TPSA) is 69.1 Å². The quantitative estimate of drug-likeness (QED) is 0.606. The Morgan fingerprint density at radius 3 is 1.36 bits per heavy atom. The highest BCUT2D eigenvalue weighted by Gasteiger charge is 1.77. The zero-order valence-electron chi connectivity index (χ0n) is 8.35. The first-order chi connectivity index (χ1) is 5.00. The second-order valence-electron chi connectivity index (χ2n) is 2.40. The van der Waals surface area contributed by atoms with Crippen LogP contribution in [0, 0.1) is 5.92 Å². The lowest BCUT2D eigenvalue weighted by molar-refractivity contribution is -0.116. The Kier molecular flexibility index (Phi) is 24.8. The van der Waals surface area contributed by atoms with E-state index in [9.17, 15) is 4.79 Å². The van der Waals surface area contributed by atoms with Crippen molar-refractivity contribution in [2.75, 3.05) is 6.54 Å². The van der Waals surface area contributed by atoms with Crippen molar-refractivity contribution < 1.29 is 4.79 Å². The molecule has 0 aromatic heterocycles. The van der Waals surface area contributed by atoms with Gasteiger partial charge in [-0.05, 0) is 5.92 Å². The first-order valence-corrected chi connectivity index (χ1v) is 3.99. The molecule has 70 valence electrons. The summed E-state index contributed by atoms with van der Waals surface area (Å²) >= 11 is 0. The molecule has 0 aromatic rings. The molecule has 0 radical (unpaired) electrons. The van der Waals surface area contributed by atoms with Gasteiger partial charge in [0.25, 0.3) is 0 Å². The highest BCUT2D eigenvalue weighted by Crippen LogP contribution is 1.81. The summed E-state index contributed by atoms with van der Waals surface area (Å²) in [5.74, 6) is 0.366. The largest absolute Gasteiger partial charge is 0.369 e. The van der Waals surface area contributed by atoms with Crippen molar-refractivity contribution in [2.24, 2.45) is 17.4 Å². The summed E-state index contributed by atoms with van der Waals surface area (Å²) in [5.41, 5.74) is 9.22. The van der Waals surface area contributed by atoms with E-state index in [2.05, 4.69) is 26.5 Å². The highest BCUT2D eigenvalue weighted by molar-refractivity contribution is 5.75. The molecule has 0 fully saturated rings. The first kappa shape index (κ1) is 16.8. The average molecular weight is 162 g/mol. The van der Waals surface area contributed by atoms with Gasteiger partial charge in [-0.2, -0.15) is 0 Å². The molecule has 0 saturated heterocycles. The number of hydrogen-bond acceptors (Lipinski definition) is 2. The minimum Gasteiger partial charge on any atom is -0.369 e. The van der Waals surface area contributed by atoms with E-state index in [0.717, 1.165) is 5.92 Å². The van der Waals surface area contributed by atoms with E-state index in [0.29, 0.717) is 0 Å². The number of amides is 1. The van der Waals surface area contributed by atoms with Crippen LogP contribution in [0.4, 0.5) is 0 Å². The second-order valence-corrected chi connectivity index (χ2v) is 2.40. The Hall–Kier alpha value is -0.570. The molecule has 0 bridgehead atoms. The number of primary amides is 1. The predicted octanol–water partition coefficient (Wildman–Crippen LogP) is 1.12. The van der Waals surface area contributed by atoms with E-state index in [1.165, 1.54) is 0 Å². The zero-order valence-corrected chi connectivity index (χ0v) is 8.35. The lowest BCUT2D eigenvalue weighted by atomic mass is 10.3. The van der Waals surface area contributed by atoms with E-state index in [4.69, 9.17) is 5.73 Å². The van der Waals surface area contributed by atoms with Crippen LogP contribution in [-0.4, -0.2) is 12.5 Å². The van der Waals surface area contributed by atoms with Gasteiger partial charge >= 0.3 is 0 Å². The second kappa shape index (κ2) is 16.2. The number of carbonyl (C=O) groups excluding carboxylic acids is 1. The summed E-state index contributed by atoms with van der Waals surface area (Å²) in [5, 5.41) is 0. The lowest BCUT2D eigenvalue weighted by Gasteiger charge is -1.79. The molecule has 0 spiro atoms. The zero-order chi connectivity index (χ0) is 9.86. The Morgan fingerprint density at radius 1 is 1.27 bits per heavy atom. The van der Waals surface area contributed by atoms with E-state index in [1.54, 1.807) is 0 Å². The molecule has 0 aliphatic heterocycles. The molecule has 1 amide bonds. The molecule has 0 heterocycles. The van der Waals surface area contributed by atoms with Crippen molar-refractivity contribution in [2.45, 2.75) is 34.6 Å². The molecule has 0 saturated carbocycles. The van der Waals surface area contributed by atoms with Gasteiger partial charge in [0.15, 0.2) is 0 Å². The van der Waals surface area contributed by atoms with Gasteiger partial charge in [0, 0.05) is 0 Å². The molecule has 0 rings (SSSR count). The smallest absolute Gasteiger partial charge is 0.231 e. The maximum absolute atomic E-state index is 9.47. The summed E-state index contributed by atoms with van der Waals surface area (Å²) in [7, 11) is 0. The minimum atomic E-state index is -0.468. The van der Waals surface area contributed by atoms with Crippen LogP contribution in [0.15, 0.2) is 0 Å². The fourth-order valence-corrected chi connectivity index (χ4v) is 0. The van der Waals surface area contributed by atoms with Gasteiger partial charge in [0.05, 0.1) is 6.54 Å². The SMILES string of the molecule is CC.CC(C)C.NCC(N)=O. The van der Waals surface area contributed by atoms with Gasteiger partial charge in [0.2, 0.25) is 5.91 Å². The molecule has 3 heteroatoms. The number of nitrogens with two attached hydrogens (primary N) is 2. The normalized spacial score (nSPS) is 7.18. The van der Waals surface area contributed by atoms with Crippen LogP contribution in [0.2, 0.25) is 0 Å². The van der Waals surface area contributed by atoms with Gasteiger partial charge in [-0.1, -0.05) is 34.6 Å². The Balaban J connectivity index is -0.0000000965. The minimum absolute atomic E-state index is 0.0556. The summed E-state index contributed by atoms with van der Waals surface area (Å²) in [6, 6.07) is 0. The van der Waals surface area contributed by atoms with Crippen molar-refractivity contribution in [3.8, 4) is 0 Å². The molecular weight excluding hydrogens is 140 g/mol. The van der Waals surface area contributed by atoms with Gasteiger partial charge in [-0.3, -0.25) is 4.79 Å². The molecular formula is C8H22N2O. The van der Waals surface area contributed by atoms with E-state index in [-0.39, 0.29) is 6.54 Å². The van der Waals surface area contributed by atoms with Crippen LogP contribution in [0.5, 0.6) is 0 Å². The van der Waals surface area contributed by atoms with Crippen LogP contribution in [0.25, 0.3) is 0 Å². The summed E-state index contributed by atoms with van der Waals surface area (Å²) in [4.78, 5) is 9.47. The Bertz CT molecular complexity index is 69.7. The third kappa shape index (κ3) is 255. The van der Waals surface area contributed by atoms with Crippen molar-refractivity contribution in [1.82, 2.24) is 0 Å². The van der Waals surface area contributed by atoms with Gasteiger partial charge in [-0.15, -0.1) is 0 Å². The maximum atomic E-state index is 9.47. The van der Waals surface area contributed by atoms with Crippen LogP contribution < -0.4 is 11.5 Å². The lowest BCUT2D eigenvalue weighted by Crippen LogP contribution is -2.21. The van der Waals surface area contributed by atoms with E-state index < -0.39 is 5.91 Å². The van der Waals surface area contributed by atoms with Crippen LogP contribution in [0.3, 0.4) is 0 Å². The monoisotopic (exact) mass is 162 g/mol. The number of carbonyl (C=O) groups is 1. The molecule has 0 aliphatic rings. The summed E-state index contributed by atoms with van der Waals surface area (Å²) < 4.78 is 0. The van der Waals surface area contributed by atoms with Crippen molar-refractivity contribution in [3.63, 3.8) is 0 Å². The highest BCUT2D eigenvalue weighted by atomic mass is 16.1. The number of hydrogen-bond donors (Lipinski definition) is 2. The van der Waals surface area contributed by atoms with Gasteiger partial charge in [-0.25, -0.2) is 0 Å². The Morgan fingerprint density at radius 2 is 1.36 bits per heavy atom. The third-order valence-electron chi connectivity index (χ3n) is 0.201. The predicted molar refractivity (Wildman–Crippen MR) is 50.1 cm³/mol. The van der Waals surface area contributed by atoms with Crippen molar-refractivity contribution in [1.29, 1.82) is 0 Å². The van der Waals surface area contributed by atoms with Gasteiger partial charge in [0.1, 0.15) is 0 Å². The molecule has 11 heavy (non-hydrogen) atoms. The molecule has 0 aromatic carbocycles. The summed E-state index contributed by atoms with van der Waals surface area (Å²) in [6.07, 6.45) is 0. The standard InChI is InChI=1S/C4H10.C2H6N2O.C2H6/c1-4(2)3;3-1-2(4)5;1-2/h4H,1-3H3;1,3H2,(H2,4,5);1-2H3. The van der Waals surface area contributed by atoms with Crippen molar-refractivity contribution in [3.05, 3.63) is 0 Å². The molecule has 3 nitrogen and oxygen atoms in total. The maximum Gasteiger partial charge on any atom is 0.231 e. The fraction of sp³-hybridized carbons (Fsp3) is 0.875. The molecule has 4 N–H and O–H groups in total. The molecule has 0 atom stereocenters. The van der Waals surface area contributed by atoms with Crippen molar-refractivity contribution >= 4 is 5.91 Å². The van der Waals surface area contributed by atoms with Gasteiger partial charge < -0.3 is 11.5 Å². The van der Waals surface area contributed by atoms with E-state index >= 15 is 0 Å².